The number of carbonyl (C=O) groups excluding carboxylic acids is 2. The van der Waals surface area contributed by atoms with Crippen LogP contribution < -0.4 is 22.2 Å². The minimum atomic E-state index is -0.796. The van der Waals surface area contributed by atoms with Gasteiger partial charge in [-0.3, -0.25) is 20.1 Å². The number of methoxy groups -OCH3 is 1. The Morgan fingerprint density at radius 3 is 2.55 bits per heavy atom. The number of hydrogen-bond donors (Lipinski definition) is 4. The molecule has 0 radical (unpaired) electrons. The number of hydrogen-bond acceptors (Lipinski definition) is 9. The average molecular weight is 476 g/mol. The zero-order chi connectivity index (χ0) is 24.2. The van der Waals surface area contributed by atoms with Gasteiger partial charge < -0.3 is 20.5 Å². The summed E-state index contributed by atoms with van der Waals surface area (Å²) in [7, 11) is 3.01. The molecule has 2 aromatic rings. The number of nitrogens with one attached hydrogen (secondary N) is 2. The molecule has 0 bridgehead atoms. The quantitative estimate of drug-likeness (QED) is 0.255. The highest BCUT2D eigenvalue weighted by Gasteiger charge is 2.50. The highest BCUT2D eigenvalue weighted by atomic mass is 35.5. The van der Waals surface area contributed by atoms with Crippen molar-refractivity contribution >= 4 is 35.0 Å². The van der Waals surface area contributed by atoms with Crippen LogP contribution in [0, 0.1) is 0 Å². The van der Waals surface area contributed by atoms with Crippen LogP contribution in [-0.2, 0) is 14.3 Å². The molecule has 1 fully saturated rings. The van der Waals surface area contributed by atoms with Crippen LogP contribution in [0.2, 0.25) is 5.15 Å². The fraction of sp³-hybridized carbons (Fsp3) is 0.333. The lowest BCUT2D eigenvalue weighted by Crippen LogP contribution is -2.39. The van der Waals surface area contributed by atoms with Gasteiger partial charge in [-0.05, 0) is 38.0 Å². The second kappa shape index (κ2) is 10.0. The van der Waals surface area contributed by atoms with Crippen molar-refractivity contribution in [2.45, 2.75) is 31.5 Å². The number of anilines is 1. The van der Waals surface area contributed by atoms with Crippen LogP contribution in [0.15, 0.2) is 42.5 Å². The van der Waals surface area contributed by atoms with Crippen molar-refractivity contribution < 1.29 is 19.1 Å². The Morgan fingerprint density at radius 1 is 1.27 bits per heavy atom. The largest absolute Gasteiger partial charge is 0.441 e. The van der Waals surface area contributed by atoms with Gasteiger partial charge in [-0.2, -0.15) is 0 Å². The van der Waals surface area contributed by atoms with E-state index in [1.807, 2.05) is 0 Å². The van der Waals surface area contributed by atoms with E-state index >= 15 is 0 Å². The molecule has 1 saturated carbocycles. The minimum absolute atomic E-state index is 0.0742. The zero-order valence-corrected chi connectivity index (χ0v) is 19.2. The van der Waals surface area contributed by atoms with Gasteiger partial charge in [0.25, 0.3) is 5.91 Å². The van der Waals surface area contributed by atoms with Gasteiger partial charge in [-0.25, -0.2) is 15.6 Å². The number of ether oxygens (including phenoxy) is 2. The maximum atomic E-state index is 12.4. The SMILES string of the molecule is COC1(C(=O)Nc2ccc(/C(N)=C(\NC(=O)OC(C)c3cccnc3Cl)N(C)N)nc2)CC1. The first-order valence-electron chi connectivity index (χ1n) is 10.1. The van der Waals surface area contributed by atoms with Crippen LogP contribution in [0.4, 0.5) is 10.5 Å². The number of rotatable bonds is 8. The monoisotopic (exact) mass is 475 g/mol. The Labute approximate surface area is 196 Å². The second-order valence-corrected chi connectivity index (χ2v) is 7.87. The highest BCUT2D eigenvalue weighted by molar-refractivity contribution is 6.30. The third kappa shape index (κ3) is 5.69. The lowest BCUT2D eigenvalue weighted by atomic mass is 10.2. The number of amides is 2. The van der Waals surface area contributed by atoms with Crippen LogP contribution in [0.1, 0.15) is 37.1 Å². The summed E-state index contributed by atoms with van der Waals surface area (Å²) >= 11 is 6.05. The highest BCUT2D eigenvalue weighted by Crippen LogP contribution is 2.39. The standard InChI is InChI=1S/C21H26ClN7O4/c1-12(14-5-4-10-25-17(14)22)33-20(31)28-18(29(2)24)16(23)15-7-6-13(11-26-15)27-19(30)21(32-3)8-9-21/h4-7,10-12H,8-9,23-24H2,1-3H3,(H,27,30)(H,28,31)/b18-16-. The Morgan fingerprint density at radius 2 is 2.00 bits per heavy atom. The summed E-state index contributed by atoms with van der Waals surface area (Å²) in [5.74, 6) is 5.70. The molecule has 1 aliphatic rings. The Hall–Kier alpha value is -3.41. The second-order valence-electron chi connectivity index (χ2n) is 7.51. The van der Waals surface area contributed by atoms with E-state index in [9.17, 15) is 9.59 Å². The molecule has 176 valence electrons. The molecule has 33 heavy (non-hydrogen) atoms. The van der Waals surface area contributed by atoms with Crippen LogP contribution >= 0.6 is 11.6 Å². The van der Waals surface area contributed by atoms with Gasteiger partial charge in [0.05, 0.1) is 17.6 Å². The normalized spacial score (nSPS) is 15.7. The summed E-state index contributed by atoms with van der Waals surface area (Å²) in [5, 5.41) is 6.65. The number of aromatic nitrogens is 2. The number of nitrogens with zero attached hydrogens (tertiary/aromatic N) is 3. The maximum Gasteiger partial charge on any atom is 0.413 e. The van der Waals surface area contributed by atoms with Crippen molar-refractivity contribution in [1.82, 2.24) is 20.3 Å². The van der Waals surface area contributed by atoms with E-state index in [1.165, 1.54) is 26.6 Å². The van der Waals surface area contributed by atoms with E-state index in [-0.39, 0.29) is 22.6 Å². The molecule has 1 atom stereocenters. The van der Waals surface area contributed by atoms with Crippen LogP contribution in [0.3, 0.4) is 0 Å². The number of alkyl carbamates (subject to hydrolysis) is 1. The average Bonchev–Trinajstić information content (AvgIpc) is 3.59. The molecule has 0 spiro atoms. The number of carbonyl (C=O) groups is 2. The van der Waals surface area contributed by atoms with Gasteiger partial charge >= 0.3 is 6.09 Å². The fourth-order valence-corrected chi connectivity index (χ4v) is 3.30. The number of hydrazine groups is 1. The summed E-state index contributed by atoms with van der Waals surface area (Å²) < 4.78 is 10.6. The molecule has 3 rings (SSSR count). The van der Waals surface area contributed by atoms with Gasteiger partial charge in [-0.1, -0.05) is 17.7 Å². The van der Waals surface area contributed by atoms with E-state index in [4.69, 9.17) is 32.7 Å². The van der Waals surface area contributed by atoms with Crippen LogP contribution in [0.25, 0.3) is 5.70 Å². The zero-order valence-electron chi connectivity index (χ0n) is 18.5. The Bertz CT molecular complexity index is 1050. The summed E-state index contributed by atoms with van der Waals surface area (Å²) in [6.07, 6.45) is 2.88. The molecule has 0 saturated heterocycles. The summed E-state index contributed by atoms with van der Waals surface area (Å²) in [4.78, 5) is 32.9. The smallest absolute Gasteiger partial charge is 0.413 e. The summed E-state index contributed by atoms with van der Waals surface area (Å²) in [6, 6.07) is 6.62. The first-order chi connectivity index (χ1) is 15.7. The molecule has 2 aromatic heterocycles. The lowest BCUT2D eigenvalue weighted by Gasteiger charge is -2.21. The van der Waals surface area contributed by atoms with Crippen molar-refractivity contribution in [3.8, 4) is 0 Å². The lowest BCUT2D eigenvalue weighted by molar-refractivity contribution is -0.128. The predicted molar refractivity (Wildman–Crippen MR) is 122 cm³/mol. The fourth-order valence-electron chi connectivity index (χ4n) is 3.03. The molecule has 0 aliphatic heterocycles. The predicted octanol–water partition coefficient (Wildman–Crippen LogP) is 2.13. The minimum Gasteiger partial charge on any atom is -0.441 e. The molecular formula is C21H26ClN7O4. The van der Waals surface area contributed by atoms with Gasteiger partial charge in [0.1, 0.15) is 22.6 Å². The number of nitrogens with two attached hydrogens (primary N) is 2. The number of pyridine rings is 2. The van der Waals surface area contributed by atoms with E-state index < -0.39 is 17.8 Å². The summed E-state index contributed by atoms with van der Waals surface area (Å²) in [6.45, 7) is 1.66. The molecule has 2 heterocycles. The molecule has 11 nitrogen and oxygen atoms in total. The van der Waals surface area contributed by atoms with Crippen LogP contribution in [-0.4, -0.2) is 46.7 Å². The first-order valence-corrected chi connectivity index (χ1v) is 10.4. The van der Waals surface area contributed by atoms with Gasteiger partial charge in [0, 0.05) is 25.9 Å². The summed E-state index contributed by atoms with van der Waals surface area (Å²) in [5.41, 5.74) is 6.90. The van der Waals surface area contributed by atoms with Gasteiger partial charge in [-0.15, -0.1) is 0 Å². The molecule has 6 N–H and O–H groups in total. The number of halogens is 1. The van der Waals surface area contributed by atoms with E-state index in [0.29, 0.717) is 29.8 Å². The van der Waals surface area contributed by atoms with Gasteiger partial charge in [0.15, 0.2) is 5.82 Å². The van der Waals surface area contributed by atoms with E-state index in [1.54, 1.807) is 31.2 Å². The van der Waals surface area contributed by atoms with Crippen molar-refractivity contribution in [3.05, 3.63) is 58.9 Å². The Balaban J connectivity index is 1.70. The molecule has 2 amide bonds. The molecule has 0 aromatic carbocycles. The van der Waals surface area contributed by atoms with Crippen molar-refractivity contribution in [2.24, 2.45) is 11.6 Å². The molecular weight excluding hydrogens is 450 g/mol. The van der Waals surface area contributed by atoms with E-state index in [0.717, 1.165) is 5.01 Å². The van der Waals surface area contributed by atoms with Crippen LogP contribution in [0.5, 0.6) is 0 Å². The third-order valence-electron chi connectivity index (χ3n) is 5.14. The van der Waals surface area contributed by atoms with Crippen molar-refractivity contribution in [1.29, 1.82) is 0 Å². The first kappa shape index (κ1) is 24.2. The van der Waals surface area contributed by atoms with Gasteiger partial charge in [0.2, 0.25) is 0 Å². The maximum absolute atomic E-state index is 12.4. The molecule has 12 heteroatoms. The topological polar surface area (TPSA) is 158 Å². The molecule has 1 unspecified atom stereocenters. The van der Waals surface area contributed by atoms with Crippen molar-refractivity contribution in [2.75, 3.05) is 19.5 Å². The van der Waals surface area contributed by atoms with Crippen molar-refractivity contribution in [3.63, 3.8) is 0 Å². The third-order valence-corrected chi connectivity index (χ3v) is 5.46. The Kier molecular flexibility index (Phi) is 7.36. The van der Waals surface area contributed by atoms with E-state index in [2.05, 4.69) is 20.6 Å². The molecule has 1 aliphatic carbocycles.